The van der Waals surface area contributed by atoms with Gasteiger partial charge in [0.15, 0.2) is 0 Å². The van der Waals surface area contributed by atoms with Crippen LogP contribution in [0, 0.1) is 0 Å². The van der Waals surface area contributed by atoms with Gasteiger partial charge < -0.3 is 21.3 Å². The number of hydrogen-bond donors (Lipinski definition) is 2. The van der Waals surface area contributed by atoms with Gasteiger partial charge in [0.2, 0.25) is 0 Å². The molecule has 0 aliphatic rings. The van der Waals surface area contributed by atoms with Crippen LogP contribution in [0.2, 0.25) is 0 Å². The number of anilines is 8. The first-order chi connectivity index (χ1) is 31.8. The summed E-state index contributed by atoms with van der Waals surface area (Å²) < 4.78 is 0. The van der Waals surface area contributed by atoms with Crippen LogP contribution in [0.5, 0.6) is 0 Å². The normalized spacial score (nSPS) is 11.9. The number of fused-ring (bicyclic) bond motifs is 5. The van der Waals surface area contributed by atoms with Crippen LogP contribution < -0.4 is 21.3 Å². The number of rotatable bonds is 8. The highest BCUT2D eigenvalue weighted by atomic mass is 15.2. The Bertz CT molecular complexity index is 3110. The first-order valence-corrected chi connectivity index (χ1v) is 22.9. The molecule has 0 amide bonds. The Morgan fingerprint density at radius 2 is 0.591 bits per heavy atom. The second kappa shape index (κ2) is 16.6. The molecule has 10 aromatic carbocycles. The lowest BCUT2D eigenvalue weighted by molar-refractivity contribution is 0.590. The fraction of sp³-hybridized carbons (Fsp3) is 0.129. The van der Waals surface area contributed by atoms with Gasteiger partial charge in [-0.25, -0.2) is 0 Å². The first-order valence-electron chi connectivity index (χ1n) is 22.9. The minimum Gasteiger partial charge on any atom is -0.399 e. The van der Waals surface area contributed by atoms with Crippen LogP contribution in [0.1, 0.15) is 52.7 Å². The summed E-state index contributed by atoms with van der Waals surface area (Å²) in [5.41, 5.74) is 27.8. The smallest absolute Gasteiger partial charge is 0.0546 e. The molecule has 324 valence electrons. The van der Waals surface area contributed by atoms with Gasteiger partial charge in [0, 0.05) is 44.9 Å². The van der Waals surface area contributed by atoms with Gasteiger partial charge in [-0.05, 0) is 163 Å². The van der Waals surface area contributed by atoms with Gasteiger partial charge in [-0.1, -0.05) is 151 Å². The van der Waals surface area contributed by atoms with E-state index in [9.17, 15) is 0 Å². The van der Waals surface area contributed by atoms with Crippen molar-refractivity contribution < 1.29 is 0 Å². The van der Waals surface area contributed by atoms with Crippen LogP contribution in [0.25, 0.3) is 54.6 Å². The zero-order chi connectivity index (χ0) is 45.7. The van der Waals surface area contributed by atoms with E-state index in [4.69, 9.17) is 11.5 Å². The highest BCUT2D eigenvalue weighted by Crippen LogP contribution is 2.49. The van der Waals surface area contributed by atoms with Crippen molar-refractivity contribution in [2.24, 2.45) is 0 Å². The van der Waals surface area contributed by atoms with Gasteiger partial charge in [0.25, 0.3) is 0 Å². The van der Waals surface area contributed by atoms with Gasteiger partial charge in [-0.2, -0.15) is 0 Å². The Kier molecular flexibility index (Phi) is 10.6. The Morgan fingerprint density at radius 1 is 0.288 bits per heavy atom. The Balaban J connectivity index is 1.34. The molecule has 0 aliphatic heterocycles. The third-order valence-electron chi connectivity index (χ3n) is 13.0. The lowest BCUT2D eigenvalue weighted by atomic mass is 9.87. The average molecular weight is 857 g/mol. The van der Waals surface area contributed by atoms with Crippen molar-refractivity contribution in [1.29, 1.82) is 0 Å². The zero-order valence-electron chi connectivity index (χ0n) is 38.7. The molecule has 0 saturated heterocycles. The van der Waals surface area contributed by atoms with Crippen molar-refractivity contribution in [3.63, 3.8) is 0 Å². The molecule has 4 N–H and O–H groups in total. The molecule has 4 heteroatoms. The summed E-state index contributed by atoms with van der Waals surface area (Å²) in [7, 11) is 0. The SMILES string of the molecule is CC(C)(C)c1ccc(N(c2ccc(N)cc2)c2cc3c4cc(-c5ccccc5)ccc4c(N(c4ccc(N)cc4)c4ccc(C(C)(C)C)cc4)cc3c3cc(-c4ccccc4)ccc23)cc1. The van der Waals surface area contributed by atoms with Gasteiger partial charge in [0.1, 0.15) is 0 Å². The van der Waals surface area contributed by atoms with E-state index in [-0.39, 0.29) is 10.8 Å². The number of nitrogens with two attached hydrogens (primary N) is 2. The second-order valence-corrected chi connectivity index (χ2v) is 19.6. The lowest BCUT2D eigenvalue weighted by Crippen LogP contribution is -2.14. The number of benzene rings is 10. The molecule has 66 heavy (non-hydrogen) atoms. The van der Waals surface area contributed by atoms with E-state index in [1.165, 1.54) is 22.3 Å². The number of nitrogens with zero attached hydrogens (tertiary/aromatic N) is 2. The van der Waals surface area contributed by atoms with Crippen LogP contribution in [0.4, 0.5) is 45.5 Å². The highest BCUT2D eigenvalue weighted by molar-refractivity contribution is 6.25. The average Bonchev–Trinajstić information content (AvgIpc) is 3.33. The van der Waals surface area contributed by atoms with Gasteiger partial charge in [-0.3, -0.25) is 0 Å². The summed E-state index contributed by atoms with van der Waals surface area (Å²) in [4.78, 5) is 4.79. The minimum atomic E-state index is 0.00992. The molecule has 0 spiro atoms. The van der Waals surface area contributed by atoms with Crippen molar-refractivity contribution in [2.45, 2.75) is 52.4 Å². The highest BCUT2D eigenvalue weighted by Gasteiger charge is 2.24. The molecule has 0 bridgehead atoms. The van der Waals surface area contributed by atoms with Gasteiger partial charge in [0.05, 0.1) is 11.4 Å². The molecule has 0 atom stereocenters. The van der Waals surface area contributed by atoms with E-state index in [0.29, 0.717) is 0 Å². The van der Waals surface area contributed by atoms with Crippen molar-refractivity contribution in [2.75, 3.05) is 21.3 Å². The van der Waals surface area contributed by atoms with Crippen molar-refractivity contribution >= 4 is 77.8 Å². The zero-order valence-corrected chi connectivity index (χ0v) is 38.7. The maximum absolute atomic E-state index is 6.36. The van der Waals surface area contributed by atoms with Crippen molar-refractivity contribution in [3.05, 3.63) is 217 Å². The summed E-state index contributed by atoms with van der Waals surface area (Å²) in [6.45, 7) is 13.6. The molecule has 0 saturated carbocycles. The lowest BCUT2D eigenvalue weighted by Gasteiger charge is -2.31. The maximum Gasteiger partial charge on any atom is 0.0546 e. The minimum absolute atomic E-state index is 0.00992. The van der Waals surface area contributed by atoms with E-state index in [2.05, 4.69) is 233 Å². The predicted molar refractivity (Wildman–Crippen MR) is 285 cm³/mol. The maximum atomic E-state index is 6.36. The molecular formula is C62H56N4. The van der Waals surface area contributed by atoms with Crippen molar-refractivity contribution in [3.8, 4) is 22.3 Å². The Labute approximate surface area is 389 Å². The molecule has 0 heterocycles. The number of nitrogen functional groups attached to an aromatic ring is 2. The Morgan fingerprint density at radius 3 is 0.909 bits per heavy atom. The second-order valence-electron chi connectivity index (χ2n) is 19.6. The molecule has 0 unspecified atom stereocenters. The molecule has 0 aromatic heterocycles. The predicted octanol–water partition coefficient (Wildman–Crippen LogP) is 17.2. The van der Waals surface area contributed by atoms with Gasteiger partial charge >= 0.3 is 0 Å². The quantitative estimate of drug-likeness (QED) is 0.118. The topological polar surface area (TPSA) is 58.5 Å². The fourth-order valence-corrected chi connectivity index (χ4v) is 9.32. The largest absolute Gasteiger partial charge is 0.399 e. The standard InChI is InChI=1S/C62H56N4/c1-61(2,3)45-19-27-49(28-20-45)65(51-31-23-47(63)24-32-51)59-39-57-56-38-44(42-15-11-8-12-16-42)18-36-54(56)60(40-58(57)55-37-43(17-35-53(55)59)41-13-9-7-10-14-41)66(52-33-25-48(64)26-34-52)50-29-21-46(22-30-50)62(4,5)6/h7-40H,63-64H2,1-6H3. The monoisotopic (exact) mass is 856 g/mol. The third kappa shape index (κ3) is 8.01. The van der Waals surface area contributed by atoms with E-state index in [1.807, 2.05) is 24.3 Å². The third-order valence-corrected chi connectivity index (χ3v) is 13.0. The van der Waals surface area contributed by atoms with Crippen molar-refractivity contribution in [1.82, 2.24) is 0 Å². The van der Waals surface area contributed by atoms with Gasteiger partial charge in [-0.15, -0.1) is 0 Å². The number of hydrogen-bond acceptors (Lipinski definition) is 4. The summed E-state index contributed by atoms with van der Waals surface area (Å²) >= 11 is 0. The molecule has 0 radical (unpaired) electrons. The first kappa shape index (κ1) is 42.1. The molecule has 0 aliphatic carbocycles. The molecule has 0 fully saturated rings. The summed E-state index contributed by atoms with van der Waals surface area (Å²) in [5, 5.41) is 6.90. The molecular weight excluding hydrogens is 801 g/mol. The van der Waals surface area contributed by atoms with E-state index >= 15 is 0 Å². The van der Waals surface area contributed by atoms with E-state index in [1.54, 1.807) is 0 Å². The van der Waals surface area contributed by atoms with Crippen LogP contribution in [-0.4, -0.2) is 0 Å². The summed E-state index contributed by atoms with van der Waals surface area (Å²) in [6.07, 6.45) is 0. The van der Waals surface area contributed by atoms with Crippen LogP contribution in [-0.2, 0) is 10.8 Å². The van der Waals surface area contributed by atoms with Crippen LogP contribution in [0.3, 0.4) is 0 Å². The Hall–Kier alpha value is -7.82. The summed E-state index contributed by atoms with van der Waals surface area (Å²) in [5.74, 6) is 0. The van der Waals surface area contributed by atoms with E-state index < -0.39 is 0 Å². The summed E-state index contributed by atoms with van der Waals surface area (Å²) in [6, 6.07) is 74.8. The molecule has 10 aromatic rings. The fourth-order valence-electron chi connectivity index (χ4n) is 9.32. The molecule has 10 rings (SSSR count). The molecule has 4 nitrogen and oxygen atoms in total. The van der Waals surface area contributed by atoms with E-state index in [0.717, 1.165) is 88.9 Å². The van der Waals surface area contributed by atoms with Crippen LogP contribution >= 0.6 is 0 Å². The van der Waals surface area contributed by atoms with Crippen LogP contribution in [0.15, 0.2) is 206 Å².